The summed E-state index contributed by atoms with van der Waals surface area (Å²) < 4.78 is 6.33. The number of alkyl carbamates (subject to hydrolysis) is 1. The number of hydrogen-bond acceptors (Lipinski definition) is 11. The average molecular weight is 611 g/mol. The molecular formula is C23H26N6O8S3. The van der Waals surface area contributed by atoms with E-state index in [4.69, 9.17) is 4.74 Å². The average Bonchev–Trinajstić information content (AvgIpc) is 3.41. The minimum absolute atomic E-state index is 0.0920. The van der Waals surface area contributed by atoms with E-state index < -0.39 is 58.1 Å². The van der Waals surface area contributed by atoms with E-state index in [1.54, 1.807) is 38.3 Å². The SMILES string of the molecule is Cn1c(SCC2=C(C(=O)O)N3C(=O)C(NC(=O)C(NC(=O)OC(C)(C)C)c4cccs4)[C@H]3SC2)n[nH]c(=O)c1=O. The smallest absolute Gasteiger partial charge is 0.408 e. The second-order valence-electron chi connectivity index (χ2n) is 9.74. The van der Waals surface area contributed by atoms with Crippen LogP contribution < -0.4 is 21.8 Å². The van der Waals surface area contributed by atoms with Gasteiger partial charge in [0.1, 0.15) is 28.8 Å². The van der Waals surface area contributed by atoms with Crippen molar-refractivity contribution in [1.29, 1.82) is 0 Å². The summed E-state index contributed by atoms with van der Waals surface area (Å²) in [6, 6.07) is 1.25. The van der Waals surface area contributed by atoms with Crippen LogP contribution in [0.3, 0.4) is 0 Å². The molecule has 0 aromatic carbocycles. The van der Waals surface area contributed by atoms with Gasteiger partial charge in [-0.2, -0.15) is 0 Å². The highest BCUT2D eigenvalue weighted by Gasteiger charge is 2.54. The molecule has 214 valence electrons. The molecule has 2 aromatic heterocycles. The van der Waals surface area contributed by atoms with Gasteiger partial charge < -0.3 is 20.5 Å². The fraction of sp³-hybridized carbons (Fsp3) is 0.435. The van der Waals surface area contributed by atoms with Gasteiger partial charge in [-0.3, -0.25) is 28.6 Å². The molecule has 0 aliphatic carbocycles. The molecule has 0 radical (unpaired) electrons. The number of carboxylic acids is 1. The number of rotatable bonds is 8. The fourth-order valence-corrected chi connectivity index (χ4v) is 7.10. The van der Waals surface area contributed by atoms with Crippen LogP contribution in [0.5, 0.6) is 0 Å². The van der Waals surface area contributed by atoms with Crippen molar-refractivity contribution in [1.82, 2.24) is 30.3 Å². The van der Waals surface area contributed by atoms with Crippen molar-refractivity contribution in [3.05, 3.63) is 54.4 Å². The maximum absolute atomic E-state index is 13.2. The van der Waals surface area contributed by atoms with Crippen LogP contribution >= 0.6 is 34.9 Å². The predicted molar refractivity (Wildman–Crippen MR) is 147 cm³/mol. The Hall–Kier alpha value is -3.57. The molecule has 2 aliphatic heterocycles. The number of carbonyl (C=O) groups is 4. The Bertz CT molecular complexity index is 1490. The number of H-pyrrole nitrogens is 1. The third kappa shape index (κ3) is 6.10. The van der Waals surface area contributed by atoms with Crippen molar-refractivity contribution in [3.8, 4) is 0 Å². The summed E-state index contributed by atoms with van der Waals surface area (Å²) in [4.78, 5) is 75.9. The number of ether oxygens (including phenoxy) is 1. The van der Waals surface area contributed by atoms with Crippen molar-refractivity contribution in [2.75, 3.05) is 11.5 Å². The maximum Gasteiger partial charge on any atom is 0.408 e. The Balaban J connectivity index is 1.49. The highest BCUT2D eigenvalue weighted by atomic mass is 32.2. The van der Waals surface area contributed by atoms with Gasteiger partial charge in [0.25, 0.3) is 5.91 Å². The maximum atomic E-state index is 13.2. The zero-order valence-corrected chi connectivity index (χ0v) is 24.2. The normalized spacial score (nSPS) is 19.4. The molecule has 4 rings (SSSR count). The summed E-state index contributed by atoms with van der Waals surface area (Å²) in [7, 11) is 1.37. The second-order valence-corrected chi connectivity index (χ2v) is 12.8. The van der Waals surface area contributed by atoms with Gasteiger partial charge in [-0.1, -0.05) is 17.8 Å². The quantitative estimate of drug-likeness (QED) is 0.186. The van der Waals surface area contributed by atoms with Crippen molar-refractivity contribution < 1.29 is 29.0 Å². The standard InChI is InChI=1S/C23H26N6O8S3/c1-23(2,3)37-22(36)25-12(11-6-5-7-38-11)15(30)24-13-17(32)29-14(20(34)35)10(8-39-19(13)29)9-40-21-27-26-16(31)18(33)28(21)4/h5-7,12-13,19H,8-9H2,1-4H3,(H,24,30)(H,25,36)(H,26,31)(H,34,35)/t12?,13?,19-/m1/s1. The molecule has 3 amide bonds. The number of carbonyl (C=O) groups excluding carboxylic acids is 3. The number of amides is 3. The lowest BCUT2D eigenvalue weighted by Gasteiger charge is -2.49. The molecule has 0 spiro atoms. The molecule has 2 aromatic rings. The molecule has 14 nitrogen and oxygen atoms in total. The number of hydrogen-bond donors (Lipinski definition) is 4. The number of aromatic amines is 1. The third-order valence-corrected chi connectivity index (χ3v) is 9.11. The molecule has 3 atom stereocenters. The summed E-state index contributed by atoms with van der Waals surface area (Å²) >= 11 is 3.55. The number of nitrogens with one attached hydrogen (secondary N) is 3. The van der Waals surface area contributed by atoms with Gasteiger partial charge in [-0.25, -0.2) is 14.7 Å². The topological polar surface area (TPSA) is 193 Å². The van der Waals surface area contributed by atoms with Gasteiger partial charge in [0.15, 0.2) is 5.16 Å². The Labute approximate surface area is 239 Å². The molecular weight excluding hydrogens is 584 g/mol. The first kappa shape index (κ1) is 29.4. The van der Waals surface area contributed by atoms with Crippen molar-refractivity contribution >= 4 is 58.7 Å². The van der Waals surface area contributed by atoms with Gasteiger partial charge >= 0.3 is 23.2 Å². The number of thioether (sulfide) groups is 2. The van der Waals surface area contributed by atoms with E-state index in [-0.39, 0.29) is 22.4 Å². The van der Waals surface area contributed by atoms with Crippen LogP contribution in [0, 0.1) is 0 Å². The third-order valence-electron chi connectivity index (χ3n) is 5.71. The van der Waals surface area contributed by atoms with E-state index in [0.717, 1.165) is 21.2 Å². The summed E-state index contributed by atoms with van der Waals surface area (Å²) in [5.41, 5.74) is -2.26. The largest absolute Gasteiger partial charge is 0.477 e. The number of nitrogens with zero attached hydrogens (tertiary/aromatic N) is 3. The van der Waals surface area contributed by atoms with Crippen LogP contribution in [-0.4, -0.2) is 77.2 Å². The van der Waals surface area contributed by atoms with Gasteiger partial charge in [-0.05, 0) is 37.8 Å². The molecule has 17 heteroatoms. The molecule has 0 saturated carbocycles. The summed E-state index contributed by atoms with van der Waals surface area (Å²) in [6.45, 7) is 5.06. The minimum Gasteiger partial charge on any atom is -0.477 e. The van der Waals surface area contributed by atoms with Crippen LogP contribution in [0.2, 0.25) is 0 Å². The van der Waals surface area contributed by atoms with E-state index in [0.29, 0.717) is 10.5 Å². The van der Waals surface area contributed by atoms with Gasteiger partial charge in [0.2, 0.25) is 5.91 Å². The van der Waals surface area contributed by atoms with Gasteiger partial charge in [0, 0.05) is 23.4 Å². The van der Waals surface area contributed by atoms with Crippen LogP contribution in [-0.2, 0) is 26.2 Å². The number of aliphatic carboxylic acids is 1. The molecule has 2 aliphatic rings. The summed E-state index contributed by atoms with van der Waals surface area (Å²) in [5, 5.41) is 22.3. The molecule has 4 N–H and O–H groups in total. The zero-order valence-electron chi connectivity index (χ0n) is 21.7. The van der Waals surface area contributed by atoms with Gasteiger partial charge in [-0.15, -0.1) is 28.2 Å². The van der Waals surface area contributed by atoms with Crippen molar-refractivity contribution in [2.24, 2.45) is 7.05 Å². The van der Waals surface area contributed by atoms with Crippen LogP contribution in [0.25, 0.3) is 0 Å². The molecule has 0 bridgehead atoms. The monoisotopic (exact) mass is 610 g/mol. The Morgan fingerprint density at radius 3 is 2.65 bits per heavy atom. The van der Waals surface area contributed by atoms with Crippen molar-refractivity contribution in [3.63, 3.8) is 0 Å². The van der Waals surface area contributed by atoms with E-state index in [2.05, 4.69) is 20.8 Å². The fourth-order valence-electron chi connectivity index (χ4n) is 3.92. The van der Waals surface area contributed by atoms with Crippen LogP contribution in [0.4, 0.5) is 4.79 Å². The second kappa shape index (κ2) is 11.5. The molecule has 40 heavy (non-hydrogen) atoms. The highest BCUT2D eigenvalue weighted by molar-refractivity contribution is 8.01. The van der Waals surface area contributed by atoms with Crippen molar-refractivity contribution in [2.45, 2.75) is 49.0 Å². The Morgan fingerprint density at radius 2 is 2.02 bits per heavy atom. The van der Waals surface area contributed by atoms with E-state index >= 15 is 0 Å². The summed E-state index contributed by atoms with van der Waals surface area (Å²) in [5.74, 6) is -2.24. The molecule has 4 heterocycles. The highest BCUT2D eigenvalue weighted by Crippen LogP contribution is 2.41. The summed E-state index contributed by atoms with van der Waals surface area (Å²) in [6.07, 6.45) is -0.803. The van der Waals surface area contributed by atoms with E-state index in [1.165, 1.54) is 30.1 Å². The first-order valence-electron chi connectivity index (χ1n) is 11.8. The van der Waals surface area contributed by atoms with Crippen LogP contribution in [0.15, 0.2) is 43.5 Å². The van der Waals surface area contributed by atoms with Gasteiger partial charge in [0.05, 0.1) is 0 Å². The Morgan fingerprint density at radius 1 is 1.30 bits per heavy atom. The number of aromatic nitrogens is 3. The lowest BCUT2D eigenvalue weighted by Crippen LogP contribution is -2.71. The first-order valence-corrected chi connectivity index (χ1v) is 14.7. The van der Waals surface area contributed by atoms with E-state index in [1.807, 2.05) is 0 Å². The van der Waals surface area contributed by atoms with E-state index in [9.17, 15) is 33.9 Å². The number of carboxylic acid groups (broad SMARTS) is 1. The predicted octanol–water partition coefficient (Wildman–Crippen LogP) is 0.627. The minimum atomic E-state index is -1.31. The molecule has 1 fully saturated rings. The molecule has 2 unspecified atom stereocenters. The number of fused-ring (bicyclic) bond motifs is 1. The Kier molecular flexibility index (Phi) is 8.46. The zero-order chi connectivity index (χ0) is 29.4. The lowest BCUT2D eigenvalue weighted by atomic mass is 10.0. The number of thiophene rings is 1. The van der Waals surface area contributed by atoms with Crippen LogP contribution in [0.1, 0.15) is 31.7 Å². The number of β-lactam (4-membered cyclic amide) rings is 1. The lowest BCUT2D eigenvalue weighted by molar-refractivity contribution is -0.151. The molecule has 1 saturated heterocycles. The first-order chi connectivity index (χ1) is 18.8.